The molecule has 0 radical (unpaired) electrons. The summed E-state index contributed by atoms with van der Waals surface area (Å²) in [5.74, 6) is 0. The maximum absolute atomic E-state index is 9.52. The largest absolute Gasteiger partial charge is 0.392 e. The SMILES string of the molecule is CCOCCCNC1CC(O)C1(C)C. The minimum absolute atomic E-state index is 0.0472. The van der Waals surface area contributed by atoms with E-state index in [4.69, 9.17) is 4.74 Å². The molecule has 2 unspecified atom stereocenters. The first-order chi connectivity index (χ1) is 6.59. The molecule has 1 aliphatic carbocycles. The lowest BCUT2D eigenvalue weighted by Gasteiger charge is -2.49. The van der Waals surface area contributed by atoms with E-state index in [1.807, 2.05) is 6.92 Å². The van der Waals surface area contributed by atoms with Gasteiger partial charge in [-0.1, -0.05) is 13.8 Å². The van der Waals surface area contributed by atoms with E-state index in [2.05, 4.69) is 19.2 Å². The molecule has 2 atom stereocenters. The van der Waals surface area contributed by atoms with Gasteiger partial charge in [0.05, 0.1) is 6.10 Å². The Morgan fingerprint density at radius 2 is 2.21 bits per heavy atom. The number of aliphatic hydroxyl groups excluding tert-OH is 1. The van der Waals surface area contributed by atoms with E-state index in [0.29, 0.717) is 6.04 Å². The lowest BCUT2D eigenvalue weighted by atomic mass is 9.64. The van der Waals surface area contributed by atoms with Crippen LogP contribution in [0.5, 0.6) is 0 Å². The van der Waals surface area contributed by atoms with E-state index < -0.39 is 0 Å². The molecule has 1 rings (SSSR count). The van der Waals surface area contributed by atoms with Gasteiger partial charge < -0.3 is 15.2 Å². The van der Waals surface area contributed by atoms with Gasteiger partial charge in [-0.3, -0.25) is 0 Å². The molecule has 0 amide bonds. The third kappa shape index (κ3) is 2.69. The van der Waals surface area contributed by atoms with Crippen LogP contribution in [0.15, 0.2) is 0 Å². The van der Waals surface area contributed by atoms with Gasteiger partial charge in [0.15, 0.2) is 0 Å². The van der Waals surface area contributed by atoms with Crippen molar-refractivity contribution in [2.24, 2.45) is 5.41 Å². The molecular formula is C11H23NO2. The average molecular weight is 201 g/mol. The Balaban J connectivity index is 2.03. The molecule has 1 saturated carbocycles. The normalized spacial score (nSPS) is 30.0. The van der Waals surface area contributed by atoms with Crippen LogP contribution in [0.25, 0.3) is 0 Å². The number of hydrogen-bond donors (Lipinski definition) is 2. The molecule has 1 fully saturated rings. The number of nitrogens with one attached hydrogen (secondary N) is 1. The minimum Gasteiger partial charge on any atom is -0.392 e. The van der Waals surface area contributed by atoms with E-state index in [0.717, 1.165) is 32.6 Å². The molecule has 2 N–H and O–H groups in total. The Labute approximate surface area is 86.8 Å². The zero-order valence-corrected chi connectivity index (χ0v) is 9.55. The first-order valence-electron chi connectivity index (χ1n) is 5.58. The summed E-state index contributed by atoms with van der Waals surface area (Å²) in [6.07, 6.45) is 1.81. The monoisotopic (exact) mass is 201 g/mol. The second-order valence-corrected chi connectivity index (χ2v) is 4.63. The summed E-state index contributed by atoms with van der Waals surface area (Å²) < 4.78 is 5.25. The zero-order chi connectivity index (χ0) is 10.6. The van der Waals surface area contributed by atoms with Crippen molar-refractivity contribution in [3.8, 4) is 0 Å². The predicted molar refractivity (Wildman–Crippen MR) is 57.3 cm³/mol. The van der Waals surface area contributed by atoms with Crippen LogP contribution in [-0.2, 0) is 4.74 Å². The summed E-state index contributed by atoms with van der Waals surface area (Å²) in [7, 11) is 0. The summed E-state index contributed by atoms with van der Waals surface area (Å²) in [6, 6.07) is 0.471. The van der Waals surface area contributed by atoms with Gasteiger partial charge in [-0.25, -0.2) is 0 Å². The Bertz CT molecular complexity index is 171. The van der Waals surface area contributed by atoms with Crippen molar-refractivity contribution in [2.75, 3.05) is 19.8 Å². The Morgan fingerprint density at radius 1 is 1.50 bits per heavy atom. The summed E-state index contributed by atoms with van der Waals surface area (Å²) in [5.41, 5.74) is 0.0472. The third-order valence-electron chi connectivity index (χ3n) is 3.28. The lowest BCUT2D eigenvalue weighted by Crippen LogP contribution is -2.60. The van der Waals surface area contributed by atoms with Crippen LogP contribution >= 0.6 is 0 Å². The topological polar surface area (TPSA) is 41.5 Å². The van der Waals surface area contributed by atoms with Crippen LogP contribution in [0.2, 0.25) is 0 Å². The van der Waals surface area contributed by atoms with Crippen LogP contribution in [0.1, 0.15) is 33.6 Å². The van der Waals surface area contributed by atoms with E-state index in [1.54, 1.807) is 0 Å². The van der Waals surface area contributed by atoms with Crippen molar-refractivity contribution in [2.45, 2.75) is 45.8 Å². The number of hydrogen-bond acceptors (Lipinski definition) is 3. The van der Waals surface area contributed by atoms with E-state index >= 15 is 0 Å². The quantitative estimate of drug-likeness (QED) is 0.634. The summed E-state index contributed by atoms with van der Waals surface area (Å²) in [5, 5.41) is 13.0. The van der Waals surface area contributed by atoms with Gasteiger partial charge in [0.2, 0.25) is 0 Å². The summed E-state index contributed by atoms with van der Waals surface area (Å²) >= 11 is 0. The lowest BCUT2D eigenvalue weighted by molar-refractivity contribution is -0.0725. The van der Waals surface area contributed by atoms with Gasteiger partial charge in [0.25, 0.3) is 0 Å². The van der Waals surface area contributed by atoms with E-state index in [9.17, 15) is 5.11 Å². The van der Waals surface area contributed by atoms with Gasteiger partial charge in [0.1, 0.15) is 0 Å². The molecule has 14 heavy (non-hydrogen) atoms. The molecule has 0 aliphatic heterocycles. The minimum atomic E-state index is -0.133. The highest BCUT2D eigenvalue weighted by Crippen LogP contribution is 2.40. The van der Waals surface area contributed by atoms with Crippen LogP contribution in [-0.4, -0.2) is 37.0 Å². The van der Waals surface area contributed by atoms with E-state index in [1.165, 1.54) is 0 Å². The second kappa shape index (κ2) is 5.10. The van der Waals surface area contributed by atoms with Crippen molar-refractivity contribution in [1.82, 2.24) is 5.32 Å². The van der Waals surface area contributed by atoms with Crippen LogP contribution in [0, 0.1) is 5.41 Å². The third-order valence-corrected chi connectivity index (χ3v) is 3.28. The van der Waals surface area contributed by atoms with E-state index in [-0.39, 0.29) is 11.5 Å². The van der Waals surface area contributed by atoms with Gasteiger partial charge >= 0.3 is 0 Å². The maximum atomic E-state index is 9.52. The van der Waals surface area contributed by atoms with Crippen molar-refractivity contribution in [1.29, 1.82) is 0 Å². The Hall–Kier alpha value is -0.120. The van der Waals surface area contributed by atoms with Crippen molar-refractivity contribution < 1.29 is 9.84 Å². The van der Waals surface area contributed by atoms with Crippen LogP contribution in [0.4, 0.5) is 0 Å². The van der Waals surface area contributed by atoms with Crippen LogP contribution in [0.3, 0.4) is 0 Å². The molecule has 0 saturated heterocycles. The number of aliphatic hydroxyl groups is 1. The fraction of sp³-hybridized carbons (Fsp3) is 1.00. The summed E-state index contributed by atoms with van der Waals surface area (Å²) in [6.45, 7) is 8.86. The molecule has 1 aliphatic rings. The first kappa shape index (κ1) is 12.0. The van der Waals surface area contributed by atoms with Crippen molar-refractivity contribution in [3.63, 3.8) is 0 Å². The highest BCUT2D eigenvalue weighted by molar-refractivity contribution is 5.01. The molecule has 84 valence electrons. The molecule has 0 aromatic rings. The van der Waals surface area contributed by atoms with Crippen LogP contribution < -0.4 is 5.32 Å². The first-order valence-corrected chi connectivity index (χ1v) is 5.58. The molecule has 3 heteroatoms. The fourth-order valence-corrected chi connectivity index (χ4v) is 1.84. The standard InChI is InChI=1S/C11H23NO2/c1-4-14-7-5-6-12-9-8-10(13)11(9,2)3/h9-10,12-13H,4-8H2,1-3H3. The Morgan fingerprint density at radius 3 is 2.71 bits per heavy atom. The molecule has 0 spiro atoms. The molecule has 3 nitrogen and oxygen atoms in total. The van der Waals surface area contributed by atoms with Gasteiger partial charge in [-0.15, -0.1) is 0 Å². The molecule has 0 bridgehead atoms. The highest BCUT2D eigenvalue weighted by atomic mass is 16.5. The number of ether oxygens (including phenoxy) is 1. The van der Waals surface area contributed by atoms with Gasteiger partial charge in [-0.05, 0) is 26.3 Å². The molecule has 0 aromatic carbocycles. The molecular weight excluding hydrogens is 178 g/mol. The average Bonchev–Trinajstić information content (AvgIpc) is 2.16. The summed E-state index contributed by atoms with van der Waals surface area (Å²) in [4.78, 5) is 0. The smallest absolute Gasteiger partial charge is 0.0621 e. The zero-order valence-electron chi connectivity index (χ0n) is 9.55. The Kier molecular flexibility index (Phi) is 4.35. The second-order valence-electron chi connectivity index (χ2n) is 4.63. The highest BCUT2D eigenvalue weighted by Gasteiger charge is 2.46. The van der Waals surface area contributed by atoms with Crippen molar-refractivity contribution >= 4 is 0 Å². The van der Waals surface area contributed by atoms with Gasteiger partial charge in [-0.2, -0.15) is 0 Å². The number of rotatable bonds is 6. The van der Waals surface area contributed by atoms with Gasteiger partial charge in [0, 0.05) is 24.7 Å². The maximum Gasteiger partial charge on any atom is 0.0621 e. The fourth-order valence-electron chi connectivity index (χ4n) is 1.84. The molecule has 0 heterocycles. The van der Waals surface area contributed by atoms with Crippen molar-refractivity contribution in [3.05, 3.63) is 0 Å². The predicted octanol–water partition coefficient (Wildman–Crippen LogP) is 1.16. The molecule has 0 aromatic heterocycles.